The lowest BCUT2D eigenvalue weighted by molar-refractivity contribution is -0.133. The molecule has 0 spiro atoms. The molecule has 104 valence electrons. The first-order chi connectivity index (χ1) is 8.56. The monoisotopic (exact) mass is 256 g/mol. The van der Waals surface area contributed by atoms with Crippen molar-refractivity contribution in [2.24, 2.45) is 5.92 Å². The summed E-state index contributed by atoms with van der Waals surface area (Å²) in [6, 6.07) is -0.0266. The fourth-order valence-electron chi connectivity index (χ4n) is 2.68. The summed E-state index contributed by atoms with van der Waals surface area (Å²) in [5.41, 5.74) is -0.302. The molecule has 0 aromatic rings. The highest BCUT2D eigenvalue weighted by Crippen LogP contribution is 2.25. The molecular weight excluding hydrogens is 232 g/mol. The molecule has 2 rings (SSSR count). The smallest absolute Gasteiger partial charge is 0.240 e. The van der Waals surface area contributed by atoms with E-state index in [9.17, 15) is 4.79 Å². The Labute approximate surface area is 109 Å². The van der Waals surface area contributed by atoms with Crippen molar-refractivity contribution in [3.05, 3.63) is 0 Å². The van der Waals surface area contributed by atoms with Crippen LogP contribution in [0.15, 0.2) is 0 Å². The number of methoxy groups -OCH3 is 1. The molecule has 5 nitrogen and oxygen atoms in total. The molecule has 18 heavy (non-hydrogen) atoms. The van der Waals surface area contributed by atoms with Crippen molar-refractivity contribution in [2.45, 2.75) is 38.3 Å². The van der Waals surface area contributed by atoms with E-state index in [1.807, 2.05) is 4.90 Å². The maximum absolute atomic E-state index is 12.3. The minimum absolute atomic E-state index is 0.0266. The Morgan fingerprint density at radius 3 is 2.94 bits per heavy atom. The van der Waals surface area contributed by atoms with Crippen molar-refractivity contribution in [1.29, 1.82) is 0 Å². The van der Waals surface area contributed by atoms with Gasteiger partial charge < -0.3 is 14.4 Å². The second kappa shape index (κ2) is 5.55. The first kappa shape index (κ1) is 13.8. The number of hydrogen-bond donors (Lipinski definition) is 1. The van der Waals surface area contributed by atoms with Crippen molar-refractivity contribution < 1.29 is 14.3 Å². The average Bonchev–Trinajstić information content (AvgIpc) is 2.91. The van der Waals surface area contributed by atoms with Crippen LogP contribution in [0.1, 0.15) is 26.7 Å². The molecule has 5 heteroatoms. The number of hydrogen-bond acceptors (Lipinski definition) is 4. The second-order valence-corrected chi connectivity index (χ2v) is 5.77. The van der Waals surface area contributed by atoms with Crippen LogP contribution in [-0.2, 0) is 14.3 Å². The summed E-state index contributed by atoms with van der Waals surface area (Å²) >= 11 is 0. The van der Waals surface area contributed by atoms with Gasteiger partial charge in [0.1, 0.15) is 5.60 Å². The zero-order chi connectivity index (χ0) is 13.2. The highest BCUT2D eigenvalue weighted by atomic mass is 16.5. The van der Waals surface area contributed by atoms with Gasteiger partial charge in [-0.2, -0.15) is 0 Å². The standard InChI is InChI=1S/C13H24N2O3/c1-10(2)6-11-12(16)15(9-14-11)7-13(17-3)4-5-18-8-13/h10-11,14H,4-9H2,1-3H3. The lowest BCUT2D eigenvalue weighted by Crippen LogP contribution is -2.46. The average molecular weight is 256 g/mol. The van der Waals surface area contributed by atoms with Gasteiger partial charge in [-0.15, -0.1) is 0 Å². The van der Waals surface area contributed by atoms with E-state index in [0.717, 1.165) is 19.4 Å². The molecule has 2 aliphatic heterocycles. The summed E-state index contributed by atoms with van der Waals surface area (Å²) in [7, 11) is 1.70. The Morgan fingerprint density at radius 2 is 2.39 bits per heavy atom. The van der Waals surface area contributed by atoms with Gasteiger partial charge in [-0.25, -0.2) is 0 Å². The molecule has 2 fully saturated rings. The van der Waals surface area contributed by atoms with Gasteiger partial charge in [0.15, 0.2) is 0 Å². The van der Waals surface area contributed by atoms with Gasteiger partial charge in [0.25, 0.3) is 0 Å². The fourth-order valence-corrected chi connectivity index (χ4v) is 2.68. The number of nitrogens with zero attached hydrogens (tertiary/aromatic N) is 1. The van der Waals surface area contributed by atoms with E-state index in [-0.39, 0.29) is 17.6 Å². The Bertz CT molecular complexity index is 301. The molecule has 1 N–H and O–H groups in total. The molecule has 0 aromatic carbocycles. The van der Waals surface area contributed by atoms with Crippen LogP contribution >= 0.6 is 0 Å². The number of carbonyl (C=O) groups is 1. The van der Waals surface area contributed by atoms with Crippen molar-refractivity contribution in [1.82, 2.24) is 10.2 Å². The number of nitrogens with one attached hydrogen (secondary N) is 1. The molecule has 0 radical (unpaired) electrons. The third-order valence-corrected chi connectivity index (χ3v) is 3.82. The van der Waals surface area contributed by atoms with Gasteiger partial charge in [-0.1, -0.05) is 13.8 Å². The summed E-state index contributed by atoms with van der Waals surface area (Å²) in [5, 5.41) is 3.28. The lowest BCUT2D eigenvalue weighted by Gasteiger charge is -2.30. The van der Waals surface area contributed by atoms with Crippen LogP contribution in [0.5, 0.6) is 0 Å². The Balaban J connectivity index is 1.93. The minimum Gasteiger partial charge on any atom is -0.378 e. The normalized spacial score (nSPS) is 32.8. The quantitative estimate of drug-likeness (QED) is 0.782. The highest BCUT2D eigenvalue weighted by Gasteiger charge is 2.41. The van der Waals surface area contributed by atoms with Crippen LogP contribution in [0.25, 0.3) is 0 Å². The largest absolute Gasteiger partial charge is 0.378 e. The van der Waals surface area contributed by atoms with E-state index in [0.29, 0.717) is 25.7 Å². The zero-order valence-corrected chi connectivity index (χ0v) is 11.6. The summed E-state index contributed by atoms with van der Waals surface area (Å²) in [4.78, 5) is 14.1. The van der Waals surface area contributed by atoms with Crippen LogP contribution < -0.4 is 5.32 Å². The Morgan fingerprint density at radius 1 is 1.61 bits per heavy atom. The molecule has 0 aromatic heterocycles. The predicted octanol–water partition coefficient (Wildman–Crippen LogP) is 0.596. The van der Waals surface area contributed by atoms with Crippen molar-refractivity contribution >= 4 is 5.91 Å². The Hall–Kier alpha value is -0.650. The van der Waals surface area contributed by atoms with Gasteiger partial charge in [-0.05, 0) is 12.3 Å². The maximum Gasteiger partial charge on any atom is 0.240 e. The molecule has 0 aliphatic carbocycles. The van der Waals surface area contributed by atoms with Gasteiger partial charge in [0.05, 0.1) is 25.9 Å². The topological polar surface area (TPSA) is 50.8 Å². The zero-order valence-electron chi connectivity index (χ0n) is 11.6. The molecule has 0 bridgehead atoms. The van der Waals surface area contributed by atoms with Crippen LogP contribution in [0.2, 0.25) is 0 Å². The van der Waals surface area contributed by atoms with E-state index < -0.39 is 0 Å². The van der Waals surface area contributed by atoms with E-state index in [2.05, 4.69) is 19.2 Å². The van der Waals surface area contributed by atoms with Gasteiger partial charge in [0, 0.05) is 20.1 Å². The number of rotatable bonds is 5. The third kappa shape index (κ3) is 2.84. The number of carbonyl (C=O) groups excluding carboxylic acids is 1. The van der Waals surface area contributed by atoms with Crippen molar-refractivity contribution in [2.75, 3.05) is 33.5 Å². The second-order valence-electron chi connectivity index (χ2n) is 5.77. The van der Waals surface area contributed by atoms with Crippen LogP contribution in [0, 0.1) is 5.92 Å². The number of amides is 1. The van der Waals surface area contributed by atoms with Crippen molar-refractivity contribution in [3.8, 4) is 0 Å². The Kier molecular flexibility index (Phi) is 4.25. The van der Waals surface area contributed by atoms with Crippen LogP contribution in [-0.4, -0.2) is 56.0 Å². The molecular formula is C13H24N2O3. The van der Waals surface area contributed by atoms with Crippen LogP contribution in [0.3, 0.4) is 0 Å². The summed E-state index contributed by atoms with van der Waals surface area (Å²) < 4.78 is 11.0. The summed E-state index contributed by atoms with van der Waals surface area (Å²) in [5.74, 6) is 0.727. The van der Waals surface area contributed by atoms with Crippen LogP contribution in [0.4, 0.5) is 0 Å². The first-order valence-corrected chi connectivity index (χ1v) is 6.71. The van der Waals surface area contributed by atoms with Crippen molar-refractivity contribution in [3.63, 3.8) is 0 Å². The van der Waals surface area contributed by atoms with E-state index in [1.54, 1.807) is 7.11 Å². The SMILES string of the molecule is COC1(CN2CNC(CC(C)C)C2=O)CCOC1. The molecule has 2 aliphatic rings. The molecule has 2 heterocycles. The predicted molar refractivity (Wildman–Crippen MR) is 68.1 cm³/mol. The molecule has 2 atom stereocenters. The summed E-state index contributed by atoms with van der Waals surface area (Å²) in [6.45, 7) is 6.84. The summed E-state index contributed by atoms with van der Waals surface area (Å²) in [6.07, 6.45) is 1.76. The molecule has 0 saturated carbocycles. The number of ether oxygens (including phenoxy) is 2. The third-order valence-electron chi connectivity index (χ3n) is 3.82. The van der Waals surface area contributed by atoms with Gasteiger partial charge in [0.2, 0.25) is 5.91 Å². The molecule has 2 saturated heterocycles. The minimum atomic E-state index is -0.302. The van der Waals surface area contributed by atoms with E-state index >= 15 is 0 Å². The van der Waals surface area contributed by atoms with Gasteiger partial charge >= 0.3 is 0 Å². The highest BCUT2D eigenvalue weighted by molar-refractivity contribution is 5.83. The first-order valence-electron chi connectivity index (χ1n) is 6.71. The maximum atomic E-state index is 12.3. The van der Waals surface area contributed by atoms with E-state index in [1.165, 1.54) is 0 Å². The lowest BCUT2D eigenvalue weighted by atomic mass is 10.0. The molecule has 1 amide bonds. The molecule has 2 unspecified atom stereocenters. The van der Waals surface area contributed by atoms with Gasteiger partial charge in [-0.3, -0.25) is 10.1 Å². The fraction of sp³-hybridized carbons (Fsp3) is 0.923. The van der Waals surface area contributed by atoms with E-state index in [4.69, 9.17) is 9.47 Å².